The maximum atomic E-state index is 11.9. The van der Waals surface area contributed by atoms with Crippen LogP contribution in [0.15, 0.2) is 30.3 Å². The average Bonchev–Trinajstić information content (AvgIpc) is 2.31. The van der Waals surface area contributed by atoms with E-state index in [0.717, 1.165) is 0 Å². The summed E-state index contributed by atoms with van der Waals surface area (Å²) in [5.41, 5.74) is 0.578. The predicted molar refractivity (Wildman–Crippen MR) is 61.4 cm³/mol. The molecule has 1 heterocycles. The fourth-order valence-electron chi connectivity index (χ4n) is 1.51. The van der Waals surface area contributed by atoms with E-state index in [4.69, 9.17) is 4.74 Å². The van der Waals surface area contributed by atoms with Gasteiger partial charge in [0.15, 0.2) is 0 Å². The highest BCUT2D eigenvalue weighted by Crippen LogP contribution is 2.11. The van der Waals surface area contributed by atoms with E-state index in [2.05, 4.69) is 4.72 Å². The number of ether oxygens (including phenoxy) is 1. The minimum atomic E-state index is -3.43. The van der Waals surface area contributed by atoms with Crippen molar-refractivity contribution in [1.29, 1.82) is 0 Å². The second kappa shape index (κ2) is 4.82. The highest BCUT2D eigenvalue weighted by atomic mass is 32.2. The maximum absolute atomic E-state index is 11.9. The van der Waals surface area contributed by atoms with E-state index in [1.165, 1.54) is 4.31 Å². The molecule has 6 heteroatoms. The van der Waals surface area contributed by atoms with E-state index in [1.54, 1.807) is 24.3 Å². The van der Waals surface area contributed by atoms with Crippen LogP contribution in [-0.2, 0) is 14.9 Å². The Morgan fingerprint density at radius 1 is 1.12 bits per heavy atom. The van der Waals surface area contributed by atoms with Gasteiger partial charge in [-0.1, -0.05) is 18.2 Å². The summed E-state index contributed by atoms with van der Waals surface area (Å²) in [6, 6.07) is 8.86. The Morgan fingerprint density at radius 2 is 1.75 bits per heavy atom. The van der Waals surface area contributed by atoms with Gasteiger partial charge in [-0.05, 0) is 12.1 Å². The molecule has 1 saturated heterocycles. The van der Waals surface area contributed by atoms with Gasteiger partial charge in [-0.25, -0.2) is 0 Å². The Labute approximate surface area is 95.2 Å². The van der Waals surface area contributed by atoms with E-state index in [-0.39, 0.29) is 0 Å². The normalized spacial score (nSPS) is 18.2. The number of rotatable bonds is 3. The van der Waals surface area contributed by atoms with Crippen LogP contribution in [-0.4, -0.2) is 39.0 Å². The van der Waals surface area contributed by atoms with Gasteiger partial charge in [0.1, 0.15) is 0 Å². The third-order valence-electron chi connectivity index (χ3n) is 2.33. The smallest absolute Gasteiger partial charge is 0.301 e. The first-order chi connectivity index (χ1) is 7.68. The second-order valence-electron chi connectivity index (χ2n) is 3.48. The summed E-state index contributed by atoms with van der Waals surface area (Å²) < 4.78 is 32.9. The van der Waals surface area contributed by atoms with Crippen LogP contribution in [0.5, 0.6) is 0 Å². The summed E-state index contributed by atoms with van der Waals surface area (Å²) in [6.07, 6.45) is 0. The summed E-state index contributed by atoms with van der Waals surface area (Å²) in [5, 5.41) is 0. The van der Waals surface area contributed by atoms with E-state index in [9.17, 15) is 8.42 Å². The molecule has 0 amide bonds. The van der Waals surface area contributed by atoms with Crippen LogP contribution >= 0.6 is 0 Å². The largest absolute Gasteiger partial charge is 0.379 e. The summed E-state index contributed by atoms with van der Waals surface area (Å²) in [7, 11) is -3.43. The molecule has 0 bridgehead atoms. The lowest BCUT2D eigenvalue weighted by Gasteiger charge is -2.26. The molecule has 0 radical (unpaired) electrons. The van der Waals surface area contributed by atoms with Crippen LogP contribution in [0, 0.1) is 0 Å². The number of benzene rings is 1. The molecule has 5 nitrogen and oxygen atoms in total. The molecule has 0 atom stereocenters. The minimum Gasteiger partial charge on any atom is -0.379 e. The van der Waals surface area contributed by atoms with Crippen molar-refractivity contribution >= 4 is 15.9 Å². The first-order valence-electron chi connectivity index (χ1n) is 5.09. The zero-order chi connectivity index (χ0) is 11.4. The van der Waals surface area contributed by atoms with Crippen molar-refractivity contribution < 1.29 is 13.2 Å². The van der Waals surface area contributed by atoms with Gasteiger partial charge >= 0.3 is 10.2 Å². The van der Waals surface area contributed by atoms with Gasteiger partial charge in [0, 0.05) is 18.8 Å². The Hall–Kier alpha value is -1.11. The third kappa shape index (κ3) is 2.72. The van der Waals surface area contributed by atoms with E-state index in [1.807, 2.05) is 6.07 Å². The Bertz CT molecular complexity index is 427. The molecule has 1 N–H and O–H groups in total. The number of nitrogens with one attached hydrogen (secondary N) is 1. The van der Waals surface area contributed by atoms with Crippen LogP contribution in [0.1, 0.15) is 0 Å². The van der Waals surface area contributed by atoms with Crippen molar-refractivity contribution in [3.63, 3.8) is 0 Å². The van der Waals surface area contributed by atoms with Gasteiger partial charge in [-0.15, -0.1) is 0 Å². The van der Waals surface area contributed by atoms with Crippen molar-refractivity contribution in [2.24, 2.45) is 0 Å². The van der Waals surface area contributed by atoms with Crippen molar-refractivity contribution in [2.45, 2.75) is 0 Å². The first-order valence-corrected chi connectivity index (χ1v) is 6.53. The van der Waals surface area contributed by atoms with Gasteiger partial charge in [0.05, 0.1) is 13.2 Å². The zero-order valence-corrected chi connectivity index (χ0v) is 9.61. The SMILES string of the molecule is O=S(=O)(Nc1ccccc1)N1CCOCC1. The summed E-state index contributed by atoms with van der Waals surface area (Å²) in [5.74, 6) is 0. The van der Waals surface area contributed by atoms with Crippen LogP contribution in [0.25, 0.3) is 0 Å². The van der Waals surface area contributed by atoms with Crippen molar-refractivity contribution in [2.75, 3.05) is 31.0 Å². The summed E-state index contributed by atoms with van der Waals surface area (Å²) in [4.78, 5) is 0. The lowest BCUT2D eigenvalue weighted by Crippen LogP contribution is -2.43. The van der Waals surface area contributed by atoms with Gasteiger partial charge in [-0.2, -0.15) is 12.7 Å². The van der Waals surface area contributed by atoms with Gasteiger partial charge in [0.25, 0.3) is 0 Å². The highest BCUT2D eigenvalue weighted by Gasteiger charge is 2.23. The second-order valence-corrected chi connectivity index (χ2v) is 5.16. The van der Waals surface area contributed by atoms with Gasteiger partial charge in [-0.3, -0.25) is 4.72 Å². The van der Waals surface area contributed by atoms with E-state index >= 15 is 0 Å². The van der Waals surface area contributed by atoms with E-state index in [0.29, 0.717) is 32.0 Å². The Kier molecular flexibility index (Phi) is 3.42. The third-order valence-corrected chi connectivity index (χ3v) is 3.87. The van der Waals surface area contributed by atoms with Crippen molar-refractivity contribution in [3.8, 4) is 0 Å². The molecule has 0 aliphatic carbocycles. The number of anilines is 1. The zero-order valence-electron chi connectivity index (χ0n) is 8.80. The molecule has 16 heavy (non-hydrogen) atoms. The van der Waals surface area contributed by atoms with Crippen LogP contribution in [0.4, 0.5) is 5.69 Å². The molecule has 0 spiro atoms. The minimum absolute atomic E-state index is 0.405. The molecule has 0 unspecified atom stereocenters. The predicted octanol–water partition coefficient (Wildman–Crippen LogP) is 0.675. The fraction of sp³-hybridized carbons (Fsp3) is 0.400. The fourth-order valence-corrected chi connectivity index (χ4v) is 2.70. The molecule has 2 rings (SSSR count). The number of morpholine rings is 1. The van der Waals surface area contributed by atoms with Crippen LogP contribution in [0.2, 0.25) is 0 Å². The molecule has 1 aliphatic rings. The molecular formula is C10H14N2O3S. The summed E-state index contributed by atoms with van der Waals surface area (Å²) in [6.45, 7) is 1.72. The van der Waals surface area contributed by atoms with Gasteiger partial charge in [0.2, 0.25) is 0 Å². The summed E-state index contributed by atoms with van der Waals surface area (Å²) >= 11 is 0. The first kappa shape index (κ1) is 11.4. The number of para-hydroxylation sites is 1. The topological polar surface area (TPSA) is 58.6 Å². The molecule has 1 fully saturated rings. The maximum Gasteiger partial charge on any atom is 0.301 e. The van der Waals surface area contributed by atoms with Crippen LogP contribution in [0.3, 0.4) is 0 Å². The lowest BCUT2D eigenvalue weighted by molar-refractivity contribution is 0.0733. The number of hydrogen-bond acceptors (Lipinski definition) is 3. The standard InChI is InChI=1S/C10H14N2O3S/c13-16(14,12-6-8-15-9-7-12)11-10-4-2-1-3-5-10/h1-5,11H,6-9H2. The molecule has 88 valence electrons. The quantitative estimate of drug-likeness (QED) is 0.847. The molecule has 1 aromatic carbocycles. The molecule has 1 aliphatic heterocycles. The highest BCUT2D eigenvalue weighted by molar-refractivity contribution is 7.90. The molecule has 0 aromatic heterocycles. The number of nitrogens with zero attached hydrogens (tertiary/aromatic N) is 1. The molecule has 1 aromatic rings. The van der Waals surface area contributed by atoms with Crippen molar-refractivity contribution in [3.05, 3.63) is 30.3 Å². The number of hydrogen-bond donors (Lipinski definition) is 1. The lowest BCUT2D eigenvalue weighted by atomic mass is 10.3. The Balaban J connectivity index is 2.08. The monoisotopic (exact) mass is 242 g/mol. The van der Waals surface area contributed by atoms with Crippen molar-refractivity contribution in [1.82, 2.24) is 4.31 Å². The average molecular weight is 242 g/mol. The van der Waals surface area contributed by atoms with E-state index < -0.39 is 10.2 Å². The van der Waals surface area contributed by atoms with Gasteiger partial charge < -0.3 is 4.74 Å². The molecular weight excluding hydrogens is 228 g/mol. The van der Waals surface area contributed by atoms with Crippen LogP contribution < -0.4 is 4.72 Å². The molecule has 0 saturated carbocycles. The Morgan fingerprint density at radius 3 is 2.38 bits per heavy atom.